The molecule has 2 aromatic carbocycles. The molecule has 29 heavy (non-hydrogen) atoms. The second kappa shape index (κ2) is 6.59. The predicted octanol–water partition coefficient (Wildman–Crippen LogP) is 3.25. The molecule has 8 nitrogen and oxygen atoms in total. The first-order chi connectivity index (χ1) is 14.1. The number of benzene rings is 2. The standard InChI is InChI=1S/C21H19N7O/c1-12-7-3-4-8-14(12)27-20(29)17-13(2)24-21-22-11-23-28(21)18(17)19-25-15-9-5-6-10-16(15)26-19/h3-11,17-18H,2H2,1H3,(H,25,26)(H,27,29)(H,22,23,24). The van der Waals surface area contributed by atoms with E-state index in [4.69, 9.17) is 4.98 Å². The van der Waals surface area contributed by atoms with Gasteiger partial charge in [0.1, 0.15) is 24.1 Å². The highest BCUT2D eigenvalue weighted by Gasteiger charge is 2.41. The first kappa shape index (κ1) is 17.2. The molecule has 0 radical (unpaired) electrons. The zero-order valence-corrected chi connectivity index (χ0v) is 15.8. The molecule has 0 aliphatic carbocycles. The second-order valence-electron chi connectivity index (χ2n) is 7.04. The molecule has 0 spiro atoms. The van der Waals surface area contributed by atoms with Gasteiger partial charge in [0.25, 0.3) is 0 Å². The van der Waals surface area contributed by atoms with Gasteiger partial charge >= 0.3 is 0 Å². The van der Waals surface area contributed by atoms with Crippen molar-refractivity contribution in [3.05, 3.63) is 78.5 Å². The van der Waals surface area contributed by atoms with Gasteiger partial charge < -0.3 is 15.6 Å². The highest BCUT2D eigenvalue weighted by molar-refractivity contribution is 5.96. The third kappa shape index (κ3) is 2.85. The summed E-state index contributed by atoms with van der Waals surface area (Å²) in [5.74, 6) is 0.332. The van der Waals surface area contributed by atoms with Gasteiger partial charge in [0.05, 0.1) is 11.0 Å². The van der Waals surface area contributed by atoms with E-state index in [2.05, 4.69) is 32.3 Å². The van der Waals surface area contributed by atoms with Crippen LogP contribution in [0.1, 0.15) is 17.4 Å². The van der Waals surface area contributed by atoms with Gasteiger partial charge in [-0.2, -0.15) is 10.1 Å². The topological polar surface area (TPSA) is 101 Å². The molecule has 0 fully saturated rings. The highest BCUT2D eigenvalue weighted by atomic mass is 16.2. The van der Waals surface area contributed by atoms with E-state index < -0.39 is 12.0 Å². The van der Waals surface area contributed by atoms with Gasteiger partial charge in [0.2, 0.25) is 11.9 Å². The Balaban J connectivity index is 1.59. The summed E-state index contributed by atoms with van der Waals surface area (Å²) in [6.07, 6.45) is 1.45. The van der Waals surface area contributed by atoms with Crippen molar-refractivity contribution >= 4 is 28.6 Å². The van der Waals surface area contributed by atoms with Gasteiger partial charge in [-0.1, -0.05) is 36.9 Å². The van der Waals surface area contributed by atoms with Gasteiger partial charge in [0.15, 0.2) is 0 Å². The van der Waals surface area contributed by atoms with Gasteiger partial charge in [0, 0.05) is 11.4 Å². The molecule has 0 saturated carbocycles. The Morgan fingerprint density at radius 2 is 1.97 bits per heavy atom. The van der Waals surface area contributed by atoms with E-state index in [0.717, 1.165) is 22.3 Å². The van der Waals surface area contributed by atoms with Crippen molar-refractivity contribution in [3.8, 4) is 0 Å². The molecular weight excluding hydrogens is 366 g/mol. The van der Waals surface area contributed by atoms with Gasteiger partial charge in [-0.05, 0) is 30.7 Å². The predicted molar refractivity (Wildman–Crippen MR) is 110 cm³/mol. The number of aromatic nitrogens is 5. The molecule has 1 aliphatic rings. The summed E-state index contributed by atoms with van der Waals surface area (Å²) >= 11 is 0. The number of aromatic amines is 1. The molecule has 2 unspecified atom stereocenters. The van der Waals surface area contributed by atoms with Crippen molar-refractivity contribution in [2.45, 2.75) is 13.0 Å². The van der Waals surface area contributed by atoms with E-state index in [1.165, 1.54) is 6.33 Å². The van der Waals surface area contributed by atoms with Crippen molar-refractivity contribution in [2.24, 2.45) is 5.92 Å². The van der Waals surface area contributed by atoms with Crippen LogP contribution in [0.5, 0.6) is 0 Å². The van der Waals surface area contributed by atoms with Crippen molar-refractivity contribution in [2.75, 3.05) is 10.6 Å². The van der Waals surface area contributed by atoms with E-state index in [1.54, 1.807) is 4.68 Å². The van der Waals surface area contributed by atoms with Gasteiger partial charge in [-0.15, -0.1) is 0 Å². The monoisotopic (exact) mass is 385 g/mol. The number of imidazole rings is 1. The normalized spacial score (nSPS) is 18.3. The summed E-state index contributed by atoms with van der Waals surface area (Å²) < 4.78 is 1.68. The second-order valence-corrected chi connectivity index (χ2v) is 7.04. The van der Waals surface area contributed by atoms with Crippen LogP contribution >= 0.6 is 0 Å². The molecule has 144 valence electrons. The lowest BCUT2D eigenvalue weighted by molar-refractivity contribution is -0.119. The quantitative estimate of drug-likeness (QED) is 0.503. The number of aryl methyl sites for hydroxylation is 1. The first-order valence-corrected chi connectivity index (χ1v) is 9.28. The number of fused-ring (bicyclic) bond motifs is 2. The minimum absolute atomic E-state index is 0.191. The number of anilines is 2. The molecule has 0 bridgehead atoms. The average Bonchev–Trinajstić information content (AvgIpc) is 3.34. The molecule has 1 aliphatic heterocycles. The first-order valence-electron chi connectivity index (χ1n) is 9.28. The van der Waals surface area contributed by atoms with Crippen LogP contribution in [-0.4, -0.2) is 30.6 Å². The lowest BCUT2D eigenvalue weighted by Crippen LogP contribution is -2.40. The number of rotatable bonds is 3. The molecule has 1 amide bonds. The van der Waals surface area contributed by atoms with Crippen LogP contribution < -0.4 is 10.6 Å². The fourth-order valence-electron chi connectivity index (χ4n) is 3.71. The lowest BCUT2D eigenvalue weighted by atomic mass is 9.93. The Hall–Kier alpha value is -3.94. The summed E-state index contributed by atoms with van der Waals surface area (Å²) in [6.45, 7) is 6.05. The Labute approximate surface area is 166 Å². The Bertz CT molecular complexity index is 1210. The number of para-hydroxylation sites is 3. The van der Waals surface area contributed by atoms with Crippen molar-refractivity contribution in [1.29, 1.82) is 0 Å². The summed E-state index contributed by atoms with van der Waals surface area (Å²) in [6, 6.07) is 14.9. The molecule has 0 saturated heterocycles. The van der Waals surface area contributed by atoms with Crippen LogP contribution in [0.2, 0.25) is 0 Å². The number of H-pyrrole nitrogens is 1. The maximum absolute atomic E-state index is 13.3. The molecule has 3 heterocycles. The van der Waals surface area contributed by atoms with Crippen LogP contribution in [0.25, 0.3) is 11.0 Å². The molecule has 4 aromatic rings. The zero-order chi connectivity index (χ0) is 20.0. The van der Waals surface area contributed by atoms with Crippen molar-refractivity contribution in [3.63, 3.8) is 0 Å². The van der Waals surface area contributed by atoms with E-state index in [0.29, 0.717) is 17.5 Å². The molecule has 5 rings (SSSR count). The van der Waals surface area contributed by atoms with Crippen LogP contribution in [-0.2, 0) is 4.79 Å². The fourth-order valence-corrected chi connectivity index (χ4v) is 3.71. The number of carbonyl (C=O) groups excluding carboxylic acids is 1. The van der Waals surface area contributed by atoms with Crippen LogP contribution in [0.3, 0.4) is 0 Å². The molecule has 3 N–H and O–H groups in total. The van der Waals surface area contributed by atoms with E-state index >= 15 is 0 Å². The highest BCUT2D eigenvalue weighted by Crippen LogP contribution is 2.37. The van der Waals surface area contributed by atoms with Gasteiger partial charge in [-0.3, -0.25) is 4.79 Å². The number of nitrogens with zero attached hydrogens (tertiary/aromatic N) is 4. The largest absolute Gasteiger partial charge is 0.340 e. The van der Waals surface area contributed by atoms with E-state index in [-0.39, 0.29) is 5.91 Å². The number of hydrogen-bond acceptors (Lipinski definition) is 5. The fraction of sp³-hybridized carbons (Fsp3) is 0.143. The Kier molecular flexibility index (Phi) is 3.90. The summed E-state index contributed by atoms with van der Waals surface area (Å²) in [4.78, 5) is 25.6. The molecular formula is C21H19N7O. The number of hydrogen-bond donors (Lipinski definition) is 3. The van der Waals surface area contributed by atoms with Crippen molar-refractivity contribution in [1.82, 2.24) is 24.7 Å². The van der Waals surface area contributed by atoms with Crippen LogP contribution in [0.4, 0.5) is 11.6 Å². The Morgan fingerprint density at radius 3 is 2.79 bits per heavy atom. The number of carbonyl (C=O) groups is 1. The maximum atomic E-state index is 13.3. The number of amides is 1. The maximum Gasteiger partial charge on any atom is 0.236 e. The minimum Gasteiger partial charge on any atom is -0.340 e. The van der Waals surface area contributed by atoms with Gasteiger partial charge in [-0.25, -0.2) is 9.67 Å². The Morgan fingerprint density at radius 1 is 1.17 bits per heavy atom. The smallest absolute Gasteiger partial charge is 0.236 e. The number of nitrogens with one attached hydrogen (secondary N) is 3. The summed E-state index contributed by atoms with van der Waals surface area (Å²) in [7, 11) is 0. The van der Waals surface area contributed by atoms with E-state index in [9.17, 15) is 4.79 Å². The lowest BCUT2D eigenvalue weighted by Gasteiger charge is -2.32. The summed E-state index contributed by atoms with van der Waals surface area (Å²) in [5.41, 5.74) is 4.01. The third-order valence-electron chi connectivity index (χ3n) is 5.17. The third-order valence-corrected chi connectivity index (χ3v) is 5.17. The molecule has 2 aromatic heterocycles. The summed E-state index contributed by atoms with van der Waals surface area (Å²) in [5, 5.41) is 10.5. The van der Waals surface area contributed by atoms with E-state index in [1.807, 2.05) is 55.5 Å². The average molecular weight is 385 g/mol. The molecule has 2 atom stereocenters. The SMILES string of the molecule is C=C1Nc2ncnn2C(c2nc3ccccc3[nH]2)C1C(=O)Nc1ccccc1C. The minimum atomic E-state index is -0.635. The zero-order valence-electron chi connectivity index (χ0n) is 15.8. The van der Waals surface area contributed by atoms with Crippen LogP contribution in [0.15, 0.2) is 67.1 Å². The molecule has 8 heteroatoms. The van der Waals surface area contributed by atoms with Crippen LogP contribution in [0, 0.1) is 12.8 Å². The van der Waals surface area contributed by atoms with Crippen molar-refractivity contribution < 1.29 is 4.79 Å².